The molecule has 0 aliphatic carbocycles. The number of carbonyl (C=O) groups excluding carboxylic acids is 1. The average Bonchev–Trinajstić information content (AvgIpc) is 2.16. The molecule has 1 fully saturated rings. The molecule has 0 bridgehead atoms. The van der Waals surface area contributed by atoms with Crippen LogP contribution >= 0.6 is 0 Å². The lowest BCUT2D eigenvalue weighted by Gasteiger charge is -2.36. The minimum atomic E-state index is -0.288. The minimum absolute atomic E-state index is 0.211. The lowest BCUT2D eigenvalue weighted by molar-refractivity contribution is -0.122. The number of piperidine rings is 1. The Morgan fingerprint density at radius 1 is 1.36 bits per heavy atom. The molecule has 1 aliphatic heterocycles. The second-order valence-electron chi connectivity index (χ2n) is 4.40. The van der Waals surface area contributed by atoms with Gasteiger partial charge in [0.25, 0.3) is 0 Å². The van der Waals surface area contributed by atoms with E-state index in [0.717, 1.165) is 25.9 Å². The lowest BCUT2D eigenvalue weighted by Crippen LogP contribution is -2.45. The summed E-state index contributed by atoms with van der Waals surface area (Å²) in [6, 6.07) is 0.211. The molecule has 3 heteroatoms. The molecule has 0 aromatic carbocycles. The zero-order valence-corrected chi connectivity index (χ0v) is 9.36. The molecule has 0 saturated carbocycles. The largest absolute Gasteiger partial charge is 0.392 e. The minimum Gasteiger partial charge on any atom is -0.392 e. The first-order chi connectivity index (χ1) is 6.52. The molecule has 1 aliphatic rings. The summed E-state index contributed by atoms with van der Waals surface area (Å²) < 4.78 is 0. The lowest BCUT2D eigenvalue weighted by atomic mass is 9.92. The van der Waals surface area contributed by atoms with Crippen LogP contribution in [0, 0.1) is 5.92 Å². The Morgan fingerprint density at radius 3 is 2.21 bits per heavy atom. The van der Waals surface area contributed by atoms with E-state index in [1.54, 1.807) is 6.92 Å². The van der Waals surface area contributed by atoms with E-state index >= 15 is 0 Å². The second-order valence-corrected chi connectivity index (χ2v) is 4.40. The maximum absolute atomic E-state index is 11.1. The van der Waals surface area contributed by atoms with E-state index in [1.165, 1.54) is 0 Å². The number of ketones is 1. The zero-order valence-electron chi connectivity index (χ0n) is 9.36. The quantitative estimate of drug-likeness (QED) is 0.739. The number of carbonyl (C=O) groups is 1. The highest BCUT2D eigenvalue weighted by Crippen LogP contribution is 2.20. The number of aliphatic hydroxyl groups excluding tert-OH is 1. The number of likely N-dealkylation sites (tertiary alicyclic amines) is 1. The Labute approximate surface area is 86.1 Å². The van der Waals surface area contributed by atoms with Crippen molar-refractivity contribution in [2.75, 3.05) is 13.1 Å². The molecule has 14 heavy (non-hydrogen) atoms. The van der Waals surface area contributed by atoms with Gasteiger partial charge in [-0.25, -0.2) is 0 Å². The summed E-state index contributed by atoms with van der Waals surface area (Å²) in [5.41, 5.74) is 0. The van der Waals surface area contributed by atoms with Gasteiger partial charge in [0, 0.05) is 12.0 Å². The van der Waals surface area contributed by atoms with Crippen LogP contribution in [-0.4, -0.2) is 41.0 Å². The molecule has 0 spiro atoms. The highest BCUT2D eigenvalue weighted by Gasteiger charge is 2.26. The van der Waals surface area contributed by atoms with Crippen LogP contribution < -0.4 is 0 Å². The van der Waals surface area contributed by atoms with E-state index in [9.17, 15) is 9.90 Å². The number of aliphatic hydroxyl groups is 1. The summed E-state index contributed by atoms with van der Waals surface area (Å²) in [7, 11) is 0. The summed E-state index contributed by atoms with van der Waals surface area (Å²) in [5.74, 6) is 0.571. The van der Waals surface area contributed by atoms with Crippen LogP contribution in [0.15, 0.2) is 0 Å². The number of rotatable bonds is 3. The van der Waals surface area contributed by atoms with E-state index in [0.29, 0.717) is 5.78 Å². The molecule has 0 radical (unpaired) electrons. The Bertz CT molecular complexity index is 195. The van der Waals surface area contributed by atoms with Gasteiger partial charge in [0.1, 0.15) is 5.78 Å². The van der Waals surface area contributed by atoms with Gasteiger partial charge in [-0.15, -0.1) is 0 Å². The van der Waals surface area contributed by atoms with Crippen LogP contribution in [0.5, 0.6) is 0 Å². The molecular weight excluding hydrogens is 178 g/mol. The van der Waals surface area contributed by atoms with E-state index < -0.39 is 0 Å². The van der Waals surface area contributed by atoms with E-state index in [4.69, 9.17) is 0 Å². The normalized spacial score (nSPS) is 24.6. The number of hydrogen-bond donors (Lipinski definition) is 1. The third kappa shape index (κ3) is 2.79. The molecule has 1 rings (SSSR count). The summed E-state index contributed by atoms with van der Waals surface area (Å²) in [6.45, 7) is 7.42. The summed E-state index contributed by atoms with van der Waals surface area (Å²) in [5, 5.41) is 9.44. The van der Waals surface area contributed by atoms with Crippen LogP contribution in [-0.2, 0) is 4.79 Å². The fourth-order valence-corrected chi connectivity index (χ4v) is 2.02. The van der Waals surface area contributed by atoms with Crippen molar-refractivity contribution in [3.8, 4) is 0 Å². The number of nitrogens with zero attached hydrogens (tertiary/aromatic N) is 1. The van der Waals surface area contributed by atoms with Gasteiger partial charge in [-0.05, 0) is 46.7 Å². The Balaban J connectivity index is 2.39. The Kier molecular flexibility index (Phi) is 4.08. The van der Waals surface area contributed by atoms with Gasteiger partial charge < -0.3 is 5.11 Å². The average molecular weight is 199 g/mol. The fraction of sp³-hybridized carbons (Fsp3) is 0.909. The van der Waals surface area contributed by atoms with Crippen molar-refractivity contribution >= 4 is 5.78 Å². The van der Waals surface area contributed by atoms with Crippen LogP contribution in [0.3, 0.4) is 0 Å². The van der Waals surface area contributed by atoms with Crippen LogP contribution in [0.1, 0.15) is 33.6 Å². The maximum atomic E-state index is 11.1. The molecule has 2 unspecified atom stereocenters. The third-order valence-electron chi connectivity index (χ3n) is 3.38. The standard InChI is InChI=1S/C11H21NO2/c1-8(9(2)13)12-6-4-11(5-7-12)10(3)14/h8-9,11,13H,4-7H2,1-3H3. The topological polar surface area (TPSA) is 40.5 Å². The van der Waals surface area contributed by atoms with Gasteiger partial charge in [0.2, 0.25) is 0 Å². The highest BCUT2D eigenvalue weighted by atomic mass is 16.3. The highest BCUT2D eigenvalue weighted by molar-refractivity contribution is 5.78. The van der Waals surface area contributed by atoms with Crippen LogP contribution in [0.4, 0.5) is 0 Å². The van der Waals surface area contributed by atoms with Gasteiger partial charge in [0.15, 0.2) is 0 Å². The first-order valence-corrected chi connectivity index (χ1v) is 5.45. The molecule has 82 valence electrons. The predicted molar refractivity (Wildman–Crippen MR) is 56.1 cm³/mol. The Hall–Kier alpha value is -0.410. The molecule has 0 aromatic rings. The van der Waals surface area contributed by atoms with Gasteiger partial charge in [0.05, 0.1) is 6.10 Å². The molecule has 2 atom stereocenters. The van der Waals surface area contributed by atoms with Gasteiger partial charge in [-0.2, -0.15) is 0 Å². The van der Waals surface area contributed by atoms with Crippen molar-refractivity contribution < 1.29 is 9.90 Å². The first-order valence-electron chi connectivity index (χ1n) is 5.45. The van der Waals surface area contributed by atoms with Gasteiger partial charge in [-0.1, -0.05) is 0 Å². The molecule has 0 amide bonds. The van der Waals surface area contributed by atoms with Crippen molar-refractivity contribution in [2.24, 2.45) is 5.92 Å². The van der Waals surface area contributed by atoms with E-state index in [-0.39, 0.29) is 18.1 Å². The Morgan fingerprint density at radius 2 is 1.86 bits per heavy atom. The molecule has 1 heterocycles. The van der Waals surface area contributed by atoms with Gasteiger partial charge in [-0.3, -0.25) is 9.69 Å². The van der Waals surface area contributed by atoms with Crippen LogP contribution in [0.2, 0.25) is 0 Å². The monoisotopic (exact) mass is 199 g/mol. The zero-order chi connectivity index (χ0) is 10.7. The van der Waals surface area contributed by atoms with Crippen molar-refractivity contribution in [3.05, 3.63) is 0 Å². The molecule has 1 N–H and O–H groups in total. The van der Waals surface area contributed by atoms with Crippen molar-refractivity contribution in [3.63, 3.8) is 0 Å². The first kappa shape index (κ1) is 11.7. The fourth-order valence-electron chi connectivity index (χ4n) is 2.02. The third-order valence-corrected chi connectivity index (χ3v) is 3.38. The van der Waals surface area contributed by atoms with Crippen molar-refractivity contribution in [1.29, 1.82) is 0 Å². The molecule has 0 aromatic heterocycles. The summed E-state index contributed by atoms with van der Waals surface area (Å²) >= 11 is 0. The smallest absolute Gasteiger partial charge is 0.133 e. The molecule has 1 saturated heterocycles. The van der Waals surface area contributed by atoms with Crippen molar-refractivity contribution in [1.82, 2.24) is 4.90 Å². The summed E-state index contributed by atoms with van der Waals surface area (Å²) in [4.78, 5) is 13.4. The second kappa shape index (κ2) is 4.89. The maximum Gasteiger partial charge on any atom is 0.133 e. The SMILES string of the molecule is CC(=O)C1CCN(C(C)C(C)O)CC1. The molecular formula is C11H21NO2. The van der Waals surface area contributed by atoms with Crippen LogP contribution in [0.25, 0.3) is 0 Å². The molecule has 3 nitrogen and oxygen atoms in total. The van der Waals surface area contributed by atoms with E-state index in [1.807, 2.05) is 13.8 Å². The number of Topliss-reactive ketones (excluding diaryl/α,β-unsaturated/α-hetero) is 1. The van der Waals surface area contributed by atoms with E-state index in [2.05, 4.69) is 4.90 Å². The number of hydrogen-bond acceptors (Lipinski definition) is 3. The predicted octanol–water partition coefficient (Wildman–Crippen LogP) is 1.06. The summed E-state index contributed by atoms with van der Waals surface area (Å²) in [6.07, 6.45) is 1.61. The van der Waals surface area contributed by atoms with Gasteiger partial charge >= 0.3 is 0 Å². The van der Waals surface area contributed by atoms with Crippen molar-refractivity contribution in [2.45, 2.75) is 45.8 Å².